The Morgan fingerprint density at radius 3 is 2.19 bits per heavy atom. The van der Waals surface area contributed by atoms with Crippen LogP contribution < -0.4 is 0 Å². The lowest BCUT2D eigenvalue weighted by Crippen LogP contribution is -2.03. The second-order valence-corrected chi connectivity index (χ2v) is 6.47. The van der Waals surface area contributed by atoms with Gasteiger partial charge in [-0.3, -0.25) is 9.36 Å². The van der Waals surface area contributed by atoms with Crippen LogP contribution in [0.15, 0.2) is 55.2 Å². The normalized spacial score (nSPS) is 10.9. The number of rotatable bonds is 4. The lowest BCUT2D eigenvalue weighted by molar-refractivity contribution is 0.768. The van der Waals surface area contributed by atoms with Crippen molar-refractivity contribution in [3.8, 4) is 33.6 Å². The van der Waals surface area contributed by atoms with Crippen molar-refractivity contribution in [1.82, 2.24) is 29.5 Å². The van der Waals surface area contributed by atoms with E-state index in [4.69, 9.17) is 5.41 Å². The molecule has 0 amide bonds. The summed E-state index contributed by atoms with van der Waals surface area (Å²) in [6.45, 7) is 1.73. The van der Waals surface area contributed by atoms with Crippen molar-refractivity contribution in [1.29, 1.82) is 5.41 Å². The fourth-order valence-corrected chi connectivity index (χ4v) is 2.99. The number of benzene rings is 1. The zero-order chi connectivity index (χ0) is 19.0. The Kier molecular flexibility index (Phi) is 4.12. The van der Waals surface area contributed by atoms with E-state index < -0.39 is 0 Å². The molecule has 0 bridgehead atoms. The highest BCUT2D eigenvalue weighted by atomic mass is 15.2. The molecule has 0 unspecified atom stereocenters. The van der Waals surface area contributed by atoms with Crippen LogP contribution in [0.4, 0.5) is 0 Å². The highest BCUT2D eigenvalue weighted by Gasteiger charge is 2.14. The average Bonchev–Trinajstić information content (AvgIpc) is 3.30. The van der Waals surface area contributed by atoms with E-state index in [0.717, 1.165) is 27.8 Å². The number of aryl methyl sites for hydroxylation is 2. The van der Waals surface area contributed by atoms with Gasteiger partial charge in [-0.05, 0) is 18.6 Å². The molecule has 0 spiro atoms. The summed E-state index contributed by atoms with van der Waals surface area (Å²) in [5, 5.41) is 16.6. The van der Waals surface area contributed by atoms with E-state index in [1.807, 2.05) is 57.0 Å². The molecule has 1 N–H and O–H groups in total. The quantitative estimate of drug-likeness (QED) is 0.568. The predicted molar refractivity (Wildman–Crippen MR) is 104 cm³/mol. The third-order valence-electron chi connectivity index (χ3n) is 4.32. The topological polar surface area (TPSA) is 85.3 Å². The van der Waals surface area contributed by atoms with Gasteiger partial charge in [0.25, 0.3) is 0 Å². The smallest absolute Gasteiger partial charge is 0.159 e. The minimum atomic E-state index is 0.390. The summed E-state index contributed by atoms with van der Waals surface area (Å²) in [6.07, 6.45) is 9.22. The summed E-state index contributed by atoms with van der Waals surface area (Å²) >= 11 is 0. The summed E-state index contributed by atoms with van der Waals surface area (Å²) in [5.74, 6) is 0.593. The third kappa shape index (κ3) is 3.27. The van der Waals surface area contributed by atoms with Gasteiger partial charge in [-0.2, -0.15) is 10.2 Å². The highest BCUT2D eigenvalue weighted by molar-refractivity contribution is 6.00. The van der Waals surface area contributed by atoms with E-state index >= 15 is 0 Å². The standard InChI is InChI=1S/C20H19N7/c1-13(21)19-18(17-9-24-27(3)12-17)10-22-20(25-19)15-6-4-5-14(7-15)16-8-23-26(2)11-16/h4-12,21H,1-3H3. The van der Waals surface area contributed by atoms with Crippen LogP contribution in [0.25, 0.3) is 33.6 Å². The van der Waals surface area contributed by atoms with E-state index in [2.05, 4.69) is 20.2 Å². The minimum Gasteiger partial charge on any atom is -0.303 e. The van der Waals surface area contributed by atoms with Crippen LogP contribution in [0.5, 0.6) is 0 Å². The fourth-order valence-electron chi connectivity index (χ4n) is 2.99. The monoisotopic (exact) mass is 357 g/mol. The van der Waals surface area contributed by atoms with Crippen molar-refractivity contribution in [3.63, 3.8) is 0 Å². The van der Waals surface area contributed by atoms with Crippen LogP contribution in [-0.2, 0) is 14.1 Å². The Morgan fingerprint density at radius 1 is 0.889 bits per heavy atom. The Bertz CT molecular complexity index is 1140. The molecule has 3 aromatic heterocycles. The van der Waals surface area contributed by atoms with Crippen LogP contribution in [0.2, 0.25) is 0 Å². The molecule has 4 aromatic rings. The molecule has 0 aliphatic carbocycles. The number of aromatic nitrogens is 6. The molecule has 134 valence electrons. The van der Waals surface area contributed by atoms with E-state index in [1.54, 1.807) is 28.7 Å². The highest BCUT2D eigenvalue weighted by Crippen LogP contribution is 2.27. The van der Waals surface area contributed by atoms with E-state index in [-0.39, 0.29) is 0 Å². The Morgan fingerprint density at radius 2 is 1.56 bits per heavy atom. The average molecular weight is 357 g/mol. The summed E-state index contributed by atoms with van der Waals surface area (Å²) in [6, 6.07) is 8.03. The van der Waals surface area contributed by atoms with Crippen molar-refractivity contribution in [2.75, 3.05) is 0 Å². The molecule has 0 aliphatic rings. The summed E-state index contributed by atoms with van der Waals surface area (Å²) in [5.41, 5.74) is 5.69. The van der Waals surface area contributed by atoms with Crippen molar-refractivity contribution in [3.05, 3.63) is 60.9 Å². The zero-order valence-corrected chi connectivity index (χ0v) is 15.4. The number of hydrogen-bond acceptors (Lipinski definition) is 5. The lowest BCUT2D eigenvalue weighted by Gasteiger charge is -2.09. The molecule has 7 heteroatoms. The number of hydrogen-bond donors (Lipinski definition) is 1. The predicted octanol–water partition coefficient (Wildman–Crippen LogP) is 3.33. The molecule has 3 heterocycles. The third-order valence-corrected chi connectivity index (χ3v) is 4.32. The first-order valence-electron chi connectivity index (χ1n) is 8.52. The summed E-state index contributed by atoms with van der Waals surface area (Å²) in [4.78, 5) is 9.23. The Hall–Kier alpha value is -3.61. The molecule has 27 heavy (non-hydrogen) atoms. The molecule has 0 fully saturated rings. The van der Waals surface area contributed by atoms with E-state index in [1.165, 1.54) is 0 Å². The van der Waals surface area contributed by atoms with Gasteiger partial charge >= 0.3 is 0 Å². The van der Waals surface area contributed by atoms with Gasteiger partial charge in [-0.25, -0.2) is 9.97 Å². The van der Waals surface area contributed by atoms with Crippen LogP contribution >= 0.6 is 0 Å². The van der Waals surface area contributed by atoms with Gasteiger partial charge in [0.2, 0.25) is 0 Å². The maximum Gasteiger partial charge on any atom is 0.159 e. The summed E-state index contributed by atoms with van der Waals surface area (Å²) in [7, 11) is 3.76. The molecule has 4 rings (SSSR count). The molecule has 0 aliphatic heterocycles. The molecular weight excluding hydrogens is 338 g/mol. The van der Waals surface area contributed by atoms with E-state index in [0.29, 0.717) is 17.2 Å². The molecular formula is C20H19N7. The van der Waals surface area contributed by atoms with Gasteiger partial charge in [0.1, 0.15) is 0 Å². The Labute approximate surface area is 156 Å². The molecule has 7 nitrogen and oxygen atoms in total. The van der Waals surface area contributed by atoms with Gasteiger partial charge < -0.3 is 5.41 Å². The number of nitrogens with zero attached hydrogens (tertiary/aromatic N) is 6. The van der Waals surface area contributed by atoms with Crippen LogP contribution in [0.1, 0.15) is 12.6 Å². The maximum atomic E-state index is 8.14. The first-order valence-corrected chi connectivity index (χ1v) is 8.52. The molecule has 1 aromatic carbocycles. The second-order valence-electron chi connectivity index (χ2n) is 6.47. The lowest BCUT2D eigenvalue weighted by atomic mass is 10.0. The summed E-state index contributed by atoms with van der Waals surface area (Å²) < 4.78 is 3.50. The molecule has 0 saturated heterocycles. The molecule has 0 atom stereocenters. The first-order chi connectivity index (χ1) is 13.0. The van der Waals surface area contributed by atoms with Crippen molar-refractivity contribution >= 4 is 5.71 Å². The molecule has 0 saturated carbocycles. The van der Waals surface area contributed by atoms with Gasteiger partial charge in [0, 0.05) is 54.9 Å². The van der Waals surface area contributed by atoms with Crippen molar-refractivity contribution < 1.29 is 0 Å². The van der Waals surface area contributed by atoms with Crippen molar-refractivity contribution in [2.24, 2.45) is 14.1 Å². The largest absolute Gasteiger partial charge is 0.303 e. The maximum absolute atomic E-state index is 8.14. The zero-order valence-electron chi connectivity index (χ0n) is 15.4. The number of nitrogens with one attached hydrogen (secondary N) is 1. The van der Waals surface area contributed by atoms with Crippen LogP contribution in [0.3, 0.4) is 0 Å². The van der Waals surface area contributed by atoms with Gasteiger partial charge in [-0.1, -0.05) is 18.2 Å². The first kappa shape index (κ1) is 16.8. The van der Waals surface area contributed by atoms with Crippen LogP contribution in [0, 0.1) is 5.41 Å². The Balaban J connectivity index is 1.79. The minimum absolute atomic E-state index is 0.390. The molecule has 0 radical (unpaired) electrons. The van der Waals surface area contributed by atoms with Gasteiger partial charge in [0.05, 0.1) is 23.8 Å². The van der Waals surface area contributed by atoms with Gasteiger partial charge in [-0.15, -0.1) is 0 Å². The fraction of sp³-hybridized carbons (Fsp3) is 0.150. The SMILES string of the molecule is CC(=N)c1nc(-c2cccc(-c3cnn(C)c3)c2)ncc1-c1cnn(C)c1. The van der Waals surface area contributed by atoms with E-state index in [9.17, 15) is 0 Å². The van der Waals surface area contributed by atoms with Crippen molar-refractivity contribution in [2.45, 2.75) is 6.92 Å². The van der Waals surface area contributed by atoms with Crippen LogP contribution in [-0.4, -0.2) is 35.2 Å². The van der Waals surface area contributed by atoms with Gasteiger partial charge in [0.15, 0.2) is 5.82 Å². The second kappa shape index (κ2) is 6.60.